The van der Waals surface area contributed by atoms with Crippen LogP contribution in [0.3, 0.4) is 0 Å². The molecule has 0 spiro atoms. The summed E-state index contributed by atoms with van der Waals surface area (Å²) in [5.74, 6) is 0.0745. The fourth-order valence-electron chi connectivity index (χ4n) is 2.92. The first-order valence-electron chi connectivity index (χ1n) is 7.23. The van der Waals surface area contributed by atoms with Crippen molar-refractivity contribution >= 4 is 11.8 Å². The van der Waals surface area contributed by atoms with Crippen molar-refractivity contribution < 1.29 is 14.3 Å². The summed E-state index contributed by atoms with van der Waals surface area (Å²) in [5, 5.41) is 2.76. The van der Waals surface area contributed by atoms with E-state index >= 15 is 0 Å². The first-order valence-corrected chi connectivity index (χ1v) is 7.23. The van der Waals surface area contributed by atoms with Gasteiger partial charge in [0.2, 0.25) is 11.8 Å². The van der Waals surface area contributed by atoms with Gasteiger partial charge in [-0.25, -0.2) is 0 Å². The van der Waals surface area contributed by atoms with Gasteiger partial charge in [-0.2, -0.15) is 0 Å². The molecule has 2 heterocycles. The molecule has 0 aromatic rings. The maximum Gasteiger partial charge on any atom is 0.245 e. The molecule has 0 saturated carbocycles. The molecule has 5 nitrogen and oxygen atoms in total. The number of nitrogens with one attached hydrogen (secondary N) is 1. The SMILES string of the molecule is CC1NC(=O)C(C(C)C)N(CC2CCCCO2)C1=O. The summed E-state index contributed by atoms with van der Waals surface area (Å²) in [6.45, 7) is 7.00. The van der Waals surface area contributed by atoms with E-state index in [2.05, 4.69) is 5.32 Å². The van der Waals surface area contributed by atoms with Gasteiger partial charge in [0, 0.05) is 13.2 Å². The number of carbonyl (C=O) groups is 2. The highest BCUT2D eigenvalue weighted by Gasteiger charge is 2.41. The van der Waals surface area contributed by atoms with E-state index in [1.165, 1.54) is 0 Å². The highest BCUT2D eigenvalue weighted by atomic mass is 16.5. The Labute approximate surface area is 114 Å². The number of hydrogen-bond acceptors (Lipinski definition) is 3. The van der Waals surface area contributed by atoms with E-state index in [-0.39, 0.29) is 29.9 Å². The molecule has 2 amide bonds. The van der Waals surface area contributed by atoms with E-state index < -0.39 is 6.04 Å². The Hall–Kier alpha value is -1.10. The molecule has 2 aliphatic rings. The van der Waals surface area contributed by atoms with E-state index in [0.717, 1.165) is 25.9 Å². The van der Waals surface area contributed by atoms with Gasteiger partial charge >= 0.3 is 0 Å². The van der Waals surface area contributed by atoms with Gasteiger partial charge in [-0.15, -0.1) is 0 Å². The molecule has 5 heteroatoms. The fraction of sp³-hybridized carbons (Fsp3) is 0.857. The van der Waals surface area contributed by atoms with Crippen molar-refractivity contribution in [2.75, 3.05) is 13.2 Å². The lowest BCUT2D eigenvalue weighted by atomic mass is 9.96. The van der Waals surface area contributed by atoms with E-state index in [1.807, 2.05) is 13.8 Å². The molecule has 2 rings (SSSR count). The summed E-state index contributed by atoms with van der Waals surface area (Å²) in [4.78, 5) is 26.1. The molecule has 0 bridgehead atoms. The van der Waals surface area contributed by atoms with Crippen molar-refractivity contribution in [2.45, 2.75) is 58.2 Å². The third-order valence-corrected chi connectivity index (χ3v) is 3.92. The Bertz CT molecular complexity index is 351. The number of amides is 2. The third-order valence-electron chi connectivity index (χ3n) is 3.92. The van der Waals surface area contributed by atoms with Crippen molar-refractivity contribution in [2.24, 2.45) is 5.92 Å². The van der Waals surface area contributed by atoms with Crippen LogP contribution in [0.1, 0.15) is 40.0 Å². The fourth-order valence-corrected chi connectivity index (χ4v) is 2.92. The van der Waals surface area contributed by atoms with Gasteiger partial charge in [-0.1, -0.05) is 13.8 Å². The largest absolute Gasteiger partial charge is 0.376 e. The number of hydrogen-bond donors (Lipinski definition) is 1. The van der Waals surface area contributed by atoms with Gasteiger partial charge in [0.25, 0.3) is 0 Å². The topological polar surface area (TPSA) is 58.6 Å². The molecule has 108 valence electrons. The predicted octanol–water partition coefficient (Wildman–Crippen LogP) is 0.927. The molecule has 2 saturated heterocycles. The maximum absolute atomic E-state index is 12.3. The Morgan fingerprint density at radius 1 is 1.37 bits per heavy atom. The van der Waals surface area contributed by atoms with Crippen LogP contribution >= 0.6 is 0 Å². The van der Waals surface area contributed by atoms with Gasteiger partial charge in [-0.05, 0) is 32.1 Å². The summed E-state index contributed by atoms with van der Waals surface area (Å²) in [5.41, 5.74) is 0. The standard InChI is InChI=1S/C14H24N2O3/c1-9(2)12-13(17)15-10(3)14(18)16(12)8-11-6-4-5-7-19-11/h9-12H,4-8H2,1-3H3,(H,15,17). The number of nitrogens with zero attached hydrogens (tertiary/aromatic N) is 1. The van der Waals surface area contributed by atoms with Gasteiger partial charge in [0.05, 0.1) is 6.10 Å². The molecule has 0 aliphatic carbocycles. The van der Waals surface area contributed by atoms with Gasteiger partial charge in [0.1, 0.15) is 12.1 Å². The quantitative estimate of drug-likeness (QED) is 0.828. The smallest absolute Gasteiger partial charge is 0.245 e. The Morgan fingerprint density at radius 3 is 2.68 bits per heavy atom. The van der Waals surface area contributed by atoms with E-state index in [9.17, 15) is 9.59 Å². The van der Waals surface area contributed by atoms with Crippen LogP contribution in [0.4, 0.5) is 0 Å². The van der Waals surface area contributed by atoms with Gasteiger partial charge in [0.15, 0.2) is 0 Å². The molecule has 3 unspecified atom stereocenters. The van der Waals surface area contributed by atoms with Crippen molar-refractivity contribution in [1.82, 2.24) is 10.2 Å². The molecular weight excluding hydrogens is 244 g/mol. The lowest BCUT2D eigenvalue weighted by molar-refractivity contribution is -0.153. The predicted molar refractivity (Wildman–Crippen MR) is 71.5 cm³/mol. The summed E-state index contributed by atoms with van der Waals surface area (Å²) in [6.07, 6.45) is 3.29. The summed E-state index contributed by atoms with van der Waals surface area (Å²) in [6, 6.07) is -0.791. The minimum absolute atomic E-state index is 0.00692. The van der Waals surface area contributed by atoms with E-state index in [0.29, 0.717) is 6.54 Å². The van der Waals surface area contributed by atoms with Crippen molar-refractivity contribution in [1.29, 1.82) is 0 Å². The summed E-state index contributed by atoms with van der Waals surface area (Å²) in [7, 11) is 0. The van der Waals surface area contributed by atoms with Crippen LogP contribution in [-0.2, 0) is 14.3 Å². The Kier molecular flexibility index (Phi) is 4.45. The monoisotopic (exact) mass is 268 g/mol. The molecule has 0 aromatic carbocycles. The highest BCUT2D eigenvalue weighted by molar-refractivity contribution is 5.96. The normalized spacial score (nSPS) is 32.6. The molecular formula is C14H24N2O3. The summed E-state index contributed by atoms with van der Waals surface area (Å²) < 4.78 is 5.70. The zero-order valence-electron chi connectivity index (χ0n) is 12.0. The second-order valence-corrected chi connectivity index (χ2v) is 5.90. The van der Waals surface area contributed by atoms with Crippen LogP contribution in [0, 0.1) is 5.92 Å². The zero-order valence-corrected chi connectivity index (χ0v) is 12.0. The number of rotatable bonds is 3. The van der Waals surface area contributed by atoms with Crippen LogP contribution in [-0.4, -0.2) is 48.1 Å². The molecule has 0 aromatic heterocycles. The number of ether oxygens (including phenoxy) is 1. The van der Waals surface area contributed by atoms with Gasteiger partial charge in [-0.3, -0.25) is 9.59 Å². The minimum atomic E-state index is -0.425. The lowest BCUT2D eigenvalue weighted by Gasteiger charge is -2.41. The first-order chi connectivity index (χ1) is 9.00. The van der Waals surface area contributed by atoms with Crippen LogP contribution in [0.15, 0.2) is 0 Å². The molecule has 1 N–H and O–H groups in total. The van der Waals surface area contributed by atoms with Crippen molar-refractivity contribution in [3.8, 4) is 0 Å². The van der Waals surface area contributed by atoms with Crippen LogP contribution in [0.5, 0.6) is 0 Å². The molecule has 19 heavy (non-hydrogen) atoms. The molecule has 3 atom stereocenters. The molecule has 2 aliphatic heterocycles. The van der Waals surface area contributed by atoms with Gasteiger partial charge < -0.3 is 15.0 Å². The van der Waals surface area contributed by atoms with Crippen LogP contribution < -0.4 is 5.32 Å². The Morgan fingerprint density at radius 2 is 2.11 bits per heavy atom. The second kappa shape index (κ2) is 5.90. The summed E-state index contributed by atoms with van der Waals surface area (Å²) >= 11 is 0. The minimum Gasteiger partial charge on any atom is -0.376 e. The van der Waals surface area contributed by atoms with Crippen molar-refractivity contribution in [3.63, 3.8) is 0 Å². The molecule has 2 fully saturated rings. The van der Waals surface area contributed by atoms with Crippen molar-refractivity contribution in [3.05, 3.63) is 0 Å². The molecule has 0 radical (unpaired) electrons. The second-order valence-electron chi connectivity index (χ2n) is 5.90. The van der Waals surface area contributed by atoms with E-state index in [4.69, 9.17) is 4.74 Å². The van der Waals surface area contributed by atoms with Crippen LogP contribution in [0.25, 0.3) is 0 Å². The highest BCUT2D eigenvalue weighted by Crippen LogP contribution is 2.21. The number of carbonyl (C=O) groups excluding carboxylic acids is 2. The maximum atomic E-state index is 12.3. The Balaban J connectivity index is 2.11. The average molecular weight is 268 g/mol. The zero-order chi connectivity index (χ0) is 14.0. The van der Waals surface area contributed by atoms with Crippen LogP contribution in [0.2, 0.25) is 0 Å². The third kappa shape index (κ3) is 3.08. The lowest BCUT2D eigenvalue weighted by Crippen LogP contribution is -2.65. The first kappa shape index (κ1) is 14.3. The number of piperazine rings is 1. The van der Waals surface area contributed by atoms with E-state index in [1.54, 1.807) is 11.8 Å². The average Bonchev–Trinajstić information content (AvgIpc) is 2.36.